The van der Waals surface area contributed by atoms with Crippen molar-refractivity contribution in [1.29, 1.82) is 0 Å². The topological polar surface area (TPSA) is 64.9 Å². The number of nitrogen functional groups attached to an aromatic ring is 1. The number of anilines is 1. The van der Waals surface area contributed by atoms with Crippen LogP contribution in [-0.2, 0) is 0 Å². The van der Waals surface area contributed by atoms with E-state index in [4.69, 9.17) is 10.3 Å². The molecule has 0 amide bonds. The molecule has 0 fully saturated rings. The molecule has 74 valence electrons. The second kappa shape index (κ2) is 2.70. The van der Waals surface area contributed by atoms with E-state index in [-0.39, 0.29) is 0 Å². The number of aromatic nitrogens is 2. The molecular weight excluding hydrogens is 190 g/mol. The van der Waals surface area contributed by atoms with Crippen LogP contribution < -0.4 is 5.73 Å². The summed E-state index contributed by atoms with van der Waals surface area (Å²) in [7, 11) is 0. The van der Waals surface area contributed by atoms with Gasteiger partial charge in [0.15, 0.2) is 5.82 Å². The molecule has 0 unspecified atom stereocenters. The van der Waals surface area contributed by atoms with Gasteiger partial charge < -0.3 is 10.3 Å². The third kappa shape index (κ3) is 1.15. The number of rotatable bonds is 0. The Balaban J connectivity index is 2.50. The number of fused-ring (bicyclic) bond motifs is 2. The highest BCUT2D eigenvalue weighted by Gasteiger charge is 2.07. The van der Waals surface area contributed by atoms with Gasteiger partial charge in [-0.05, 0) is 25.1 Å². The quantitative estimate of drug-likeness (QED) is 0.603. The van der Waals surface area contributed by atoms with E-state index in [1.165, 1.54) is 5.56 Å². The molecule has 15 heavy (non-hydrogen) atoms. The van der Waals surface area contributed by atoms with Crippen LogP contribution in [0.5, 0.6) is 0 Å². The Labute approximate surface area is 85.7 Å². The Kier molecular flexibility index (Phi) is 1.48. The molecule has 0 radical (unpaired) electrons. The minimum absolute atomic E-state index is 0.390. The number of nitrogens with zero attached hydrogens (tertiary/aromatic N) is 2. The lowest BCUT2D eigenvalue weighted by Crippen LogP contribution is -1.85. The Morgan fingerprint density at radius 2 is 2.13 bits per heavy atom. The maximum Gasteiger partial charge on any atom is 0.260 e. The largest absolute Gasteiger partial charge is 0.380 e. The monoisotopic (exact) mass is 199 g/mol. The number of nitrogens with two attached hydrogens (primary N) is 1. The number of pyridine rings is 1. The van der Waals surface area contributed by atoms with Crippen LogP contribution in [0.3, 0.4) is 0 Å². The summed E-state index contributed by atoms with van der Waals surface area (Å²) in [5, 5.41) is 5.51. The summed E-state index contributed by atoms with van der Waals surface area (Å²) in [6.07, 6.45) is 0. The zero-order valence-electron chi connectivity index (χ0n) is 8.19. The van der Waals surface area contributed by atoms with Crippen molar-refractivity contribution < 1.29 is 4.52 Å². The summed E-state index contributed by atoms with van der Waals surface area (Å²) in [6, 6.07) is 7.99. The van der Waals surface area contributed by atoms with Gasteiger partial charge in [0.25, 0.3) is 5.71 Å². The lowest BCUT2D eigenvalue weighted by Gasteiger charge is -1.97. The van der Waals surface area contributed by atoms with E-state index in [2.05, 4.69) is 16.2 Å². The van der Waals surface area contributed by atoms with E-state index in [1.54, 1.807) is 0 Å². The highest BCUT2D eigenvalue weighted by Crippen LogP contribution is 2.24. The molecule has 0 aliphatic heterocycles. The highest BCUT2D eigenvalue weighted by atomic mass is 16.5. The van der Waals surface area contributed by atoms with Gasteiger partial charge in [-0.15, -0.1) is 0 Å². The van der Waals surface area contributed by atoms with Crippen LogP contribution >= 0.6 is 0 Å². The SMILES string of the molecule is Cc1ccc2nc3onc(N)c3cc2c1. The minimum Gasteiger partial charge on any atom is -0.380 e. The van der Waals surface area contributed by atoms with Crippen molar-refractivity contribution in [3.05, 3.63) is 29.8 Å². The Hall–Kier alpha value is -2.10. The van der Waals surface area contributed by atoms with Crippen molar-refractivity contribution in [1.82, 2.24) is 10.1 Å². The average molecular weight is 199 g/mol. The van der Waals surface area contributed by atoms with Crippen LogP contribution in [0.25, 0.3) is 22.0 Å². The van der Waals surface area contributed by atoms with Crippen LogP contribution in [0.2, 0.25) is 0 Å². The fraction of sp³-hybridized carbons (Fsp3) is 0.0909. The molecule has 2 N–H and O–H groups in total. The van der Waals surface area contributed by atoms with Crippen LogP contribution in [0.1, 0.15) is 5.56 Å². The maximum atomic E-state index is 5.66. The summed E-state index contributed by atoms with van der Waals surface area (Å²) < 4.78 is 5.00. The Bertz CT molecular complexity index is 657. The normalized spacial score (nSPS) is 11.3. The van der Waals surface area contributed by atoms with E-state index >= 15 is 0 Å². The summed E-state index contributed by atoms with van der Waals surface area (Å²) in [4.78, 5) is 4.33. The van der Waals surface area contributed by atoms with E-state index in [9.17, 15) is 0 Å². The van der Waals surface area contributed by atoms with Gasteiger partial charge >= 0.3 is 0 Å². The van der Waals surface area contributed by atoms with E-state index in [0.29, 0.717) is 11.5 Å². The standard InChI is InChI=1S/C11H9N3O/c1-6-2-3-9-7(4-6)5-8-10(12)14-15-11(8)13-9/h2-5H,1H3,(H2,12,14). The van der Waals surface area contributed by atoms with E-state index in [0.717, 1.165) is 16.3 Å². The molecule has 3 aromatic rings. The molecule has 2 heterocycles. The smallest absolute Gasteiger partial charge is 0.260 e. The third-order valence-electron chi connectivity index (χ3n) is 2.44. The van der Waals surface area contributed by atoms with Gasteiger partial charge in [-0.25, -0.2) is 4.98 Å². The molecule has 0 saturated heterocycles. The van der Waals surface area contributed by atoms with Crippen LogP contribution in [0.4, 0.5) is 5.82 Å². The van der Waals surface area contributed by atoms with Crippen molar-refractivity contribution in [3.8, 4) is 0 Å². The van der Waals surface area contributed by atoms with E-state index in [1.807, 2.05) is 25.1 Å². The molecular formula is C11H9N3O. The molecule has 2 aromatic heterocycles. The highest BCUT2D eigenvalue weighted by molar-refractivity contribution is 5.95. The summed E-state index contributed by atoms with van der Waals surface area (Å²) in [5.41, 5.74) is 8.24. The van der Waals surface area contributed by atoms with Gasteiger partial charge in [-0.3, -0.25) is 0 Å². The molecule has 1 aromatic carbocycles. The Morgan fingerprint density at radius 1 is 1.27 bits per heavy atom. The summed E-state index contributed by atoms with van der Waals surface area (Å²) in [5.74, 6) is 0.390. The lowest BCUT2D eigenvalue weighted by molar-refractivity contribution is 0.453. The van der Waals surface area contributed by atoms with Crippen molar-refractivity contribution in [3.63, 3.8) is 0 Å². The van der Waals surface area contributed by atoms with Crippen molar-refractivity contribution in [2.45, 2.75) is 6.92 Å². The summed E-state index contributed by atoms with van der Waals surface area (Å²) >= 11 is 0. The zero-order chi connectivity index (χ0) is 10.4. The fourth-order valence-electron chi connectivity index (χ4n) is 1.67. The molecule has 0 aliphatic carbocycles. The van der Waals surface area contributed by atoms with Gasteiger partial charge in [-0.1, -0.05) is 16.8 Å². The van der Waals surface area contributed by atoms with Crippen molar-refractivity contribution in [2.75, 3.05) is 5.73 Å². The van der Waals surface area contributed by atoms with Gasteiger partial charge in [0.05, 0.1) is 10.9 Å². The molecule has 4 heteroatoms. The van der Waals surface area contributed by atoms with Crippen molar-refractivity contribution in [2.24, 2.45) is 0 Å². The van der Waals surface area contributed by atoms with Gasteiger partial charge in [-0.2, -0.15) is 0 Å². The second-order valence-electron chi connectivity index (χ2n) is 3.61. The molecule has 0 aliphatic rings. The first kappa shape index (κ1) is 8.23. The number of hydrogen-bond donors (Lipinski definition) is 1. The first-order valence-corrected chi connectivity index (χ1v) is 4.66. The van der Waals surface area contributed by atoms with Gasteiger partial charge in [0, 0.05) is 5.39 Å². The molecule has 0 atom stereocenters. The maximum absolute atomic E-state index is 5.66. The number of aryl methyl sites for hydroxylation is 1. The Morgan fingerprint density at radius 3 is 3.00 bits per heavy atom. The average Bonchev–Trinajstić information content (AvgIpc) is 2.57. The van der Waals surface area contributed by atoms with Crippen LogP contribution in [0.15, 0.2) is 28.8 Å². The first-order chi connectivity index (χ1) is 7.24. The van der Waals surface area contributed by atoms with Crippen molar-refractivity contribution >= 4 is 27.8 Å². The third-order valence-corrected chi connectivity index (χ3v) is 2.44. The molecule has 4 nitrogen and oxygen atoms in total. The molecule has 0 spiro atoms. The van der Waals surface area contributed by atoms with Crippen LogP contribution in [-0.4, -0.2) is 10.1 Å². The molecule has 3 rings (SSSR count). The number of benzene rings is 1. The van der Waals surface area contributed by atoms with Crippen LogP contribution in [0, 0.1) is 6.92 Å². The predicted molar refractivity (Wildman–Crippen MR) is 58.5 cm³/mol. The minimum atomic E-state index is 0.390. The molecule has 0 saturated carbocycles. The van der Waals surface area contributed by atoms with Gasteiger partial charge in [0.2, 0.25) is 0 Å². The predicted octanol–water partition coefficient (Wildman–Crippen LogP) is 2.27. The fourth-order valence-corrected chi connectivity index (χ4v) is 1.67. The second-order valence-corrected chi connectivity index (χ2v) is 3.61. The number of hydrogen-bond acceptors (Lipinski definition) is 4. The lowest BCUT2D eigenvalue weighted by atomic mass is 10.1. The van der Waals surface area contributed by atoms with Gasteiger partial charge in [0.1, 0.15) is 0 Å². The van der Waals surface area contributed by atoms with E-state index < -0.39 is 0 Å². The molecule has 0 bridgehead atoms. The zero-order valence-corrected chi connectivity index (χ0v) is 8.19. The first-order valence-electron chi connectivity index (χ1n) is 4.66. The summed E-state index contributed by atoms with van der Waals surface area (Å²) in [6.45, 7) is 2.04.